The van der Waals surface area contributed by atoms with Gasteiger partial charge < -0.3 is 24.8 Å². The van der Waals surface area contributed by atoms with Crippen molar-refractivity contribution in [2.24, 2.45) is 0 Å². The Morgan fingerprint density at radius 2 is 1.76 bits per heavy atom. The van der Waals surface area contributed by atoms with Gasteiger partial charge in [-0.05, 0) is 6.92 Å². The number of methoxy groups -OCH3 is 2. The Kier molecular flexibility index (Phi) is 5.83. The van der Waals surface area contributed by atoms with Gasteiger partial charge in [-0.2, -0.15) is 0 Å². The first-order chi connectivity index (χ1) is 9.88. The van der Waals surface area contributed by atoms with Crippen molar-refractivity contribution < 1.29 is 24.2 Å². The molecule has 0 radical (unpaired) electrons. The lowest BCUT2D eigenvalue weighted by Crippen LogP contribution is -2.33. The number of carbonyl (C=O) groups is 2. The first-order valence-corrected chi connectivity index (χ1v) is 6.35. The molecule has 0 aliphatic heterocycles. The standard InChI is InChI=1S/C14H20N2O5/c1-9-11(20-3)7-10(8-12(9)21-4)15-14(19)16(2)6-5-13(17)18/h7-8H,5-6H2,1-4H3,(H,15,19)(H,17,18). The number of benzene rings is 1. The van der Waals surface area contributed by atoms with Crippen LogP contribution in [0.4, 0.5) is 10.5 Å². The number of carbonyl (C=O) groups excluding carboxylic acids is 1. The van der Waals surface area contributed by atoms with Crippen molar-refractivity contribution in [2.75, 3.05) is 33.1 Å². The molecule has 0 unspecified atom stereocenters. The Bertz CT molecular complexity index is 505. The Labute approximate surface area is 123 Å². The summed E-state index contributed by atoms with van der Waals surface area (Å²) in [6.45, 7) is 1.98. The van der Waals surface area contributed by atoms with Crippen molar-refractivity contribution in [1.29, 1.82) is 0 Å². The van der Waals surface area contributed by atoms with Gasteiger partial charge in [0, 0.05) is 37.0 Å². The van der Waals surface area contributed by atoms with Crippen LogP contribution >= 0.6 is 0 Å². The Morgan fingerprint density at radius 3 is 2.19 bits per heavy atom. The van der Waals surface area contributed by atoms with E-state index in [9.17, 15) is 9.59 Å². The minimum absolute atomic E-state index is 0.107. The van der Waals surface area contributed by atoms with Gasteiger partial charge in [0.2, 0.25) is 0 Å². The molecule has 1 rings (SSSR count). The molecule has 7 nitrogen and oxygen atoms in total. The average molecular weight is 296 g/mol. The summed E-state index contributed by atoms with van der Waals surface area (Å²) >= 11 is 0. The van der Waals surface area contributed by atoms with Crippen molar-refractivity contribution in [2.45, 2.75) is 13.3 Å². The molecule has 0 aromatic heterocycles. The maximum atomic E-state index is 11.9. The monoisotopic (exact) mass is 296 g/mol. The fraction of sp³-hybridized carbons (Fsp3) is 0.429. The van der Waals surface area contributed by atoms with Gasteiger partial charge in [0.1, 0.15) is 11.5 Å². The molecule has 0 spiro atoms. The number of amides is 2. The minimum atomic E-state index is -0.951. The largest absolute Gasteiger partial charge is 0.496 e. The third-order valence-electron chi connectivity index (χ3n) is 3.01. The smallest absolute Gasteiger partial charge is 0.321 e. The number of nitrogens with zero attached hydrogens (tertiary/aromatic N) is 1. The number of anilines is 1. The number of aliphatic carboxylic acids is 1. The summed E-state index contributed by atoms with van der Waals surface area (Å²) in [5.41, 5.74) is 1.35. The molecule has 7 heteroatoms. The number of hydrogen-bond acceptors (Lipinski definition) is 4. The minimum Gasteiger partial charge on any atom is -0.496 e. The van der Waals surface area contributed by atoms with Gasteiger partial charge in [-0.1, -0.05) is 0 Å². The molecule has 0 heterocycles. The molecular formula is C14H20N2O5. The lowest BCUT2D eigenvalue weighted by Gasteiger charge is -2.18. The van der Waals surface area contributed by atoms with Crippen LogP contribution in [-0.4, -0.2) is 49.8 Å². The highest BCUT2D eigenvalue weighted by molar-refractivity contribution is 5.90. The number of ether oxygens (including phenoxy) is 2. The summed E-state index contributed by atoms with van der Waals surface area (Å²) in [5, 5.41) is 11.3. The Morgan fingerprint density at radius 1 is 1.24 bits per heavy atom. The second kappa shape index (κ2) is 7.37. The summed E-state index contributed by atoms with van der Waals surface area (Å²) in [4.78, 5) is 23.7. The quantitative estimate of drug-likeness (QED) is 0.837. The fourth-order valence-electron chi connectivity index (χ4n) is 1.74. The molecule has 0 atom stereocenters. The third-order valence-corrected chi connectivity index (χ3v) is 3.01. The number of hydrogen-bond donors (Lipinski definition) is 2. The van der Waals surface area contributed by atoms with E-state index in [0.29, 0.717) is 17.2 Å². The predicted octanol–water partition coefficient (Wildman–Crippen LogP) is 1.95. The molecule has 0 bridgehead atoms. The van der Waals surface area contributed by atoms with Crippen LogP contribution in [0.1, 0.15) is 12.0 Å². The van der Waals surface area contributed by atoms with Gasteiger partial charge in [-0.3, -0.25) is 4.79 Å². The maximum Gasteiger partial charge on any atom is 0.321 e. The summed E-state index contributed by atoms with van der Waals surface area (Å²) in [6, 6.07) is 2.96. The topological polar surface area (TPSA) is 88.1 Å². The average Bonchev–Trinajstić information content (AvgIpc) is 2.45. The number of carboxylic acid groups (broad SMARTS) is 1. The molecule has 1 aromatic rings. The van der Waals surface area contributed by atoms with Crippen molar-refractivity contribution in [3.05, 3.63) is 17.7 Å². The molecule has 0 aliphatic carbocycles. The SMILES string of the molecule is COc1cc(NC(=O)N(C)CCC(=O)O)cc(OC)c1C. The number of carboxylic acids is 1. The summed E-state index contributed by atoms with van der Waals surface area (Å²) in [7, 11) is 4.60. The van der Waals surface area contributed by atoms with E-state index >= 15 is 0 Å². The third kappa shape index (κ3) is 4.55. The zero-order chi connectivity index (χ0) is 16.0. The van der Waals surface area contributed by atoms with Crippen LogP contribution in [0.15, 0.2) is 12.1 Å². The highest BCUT2D eigenvalue weighted by Gasteiger charge is 2.13. The molecule has 0 fully saturated rings. The number of rotatable bonds is 6. The Hall–Kier alpha value is -2.44. The van der Waals surface area contributed by atoms with Gasteiger partial charge in [-0.15, -0.1) is 0 Å². The van der Waals surface area contributed by atoms with Crippen LogP contribution in [0, 0.1) is 6.92 Å². The molecule has 2 N–H and O–H groups in total. The van der Waals surface area contributed by atoms with Crippen LogP contribution in [-0.2, 0) is 4.79 Å². The van der Waals surface area contributed by atoms with Crippen LogP contribution in [0.3, 0.4) is 0 Å². The summed E-state index contributed by atoms with van der Waals surface area (Å²) in [5.74, 6) is 0.240. The molecule has 2 amide bonds. The normalized spacial score (nSPS) is 9.90. The van der Waals surface area contributed by atoms with Crippen molar-refractivity contribution in [1.82, 2.24) is 4.90 Å². The molecule has 0 saturated heterocycles. The van der Waals surface area contributed by atoms with E-state index in [1.807, 2.05) is 6.92 Å². The van der Waals surface area contributed by atoms with Crippen LogP contribution in [0.5, 0.6) is 11.5 Å². The van der Waals surface area contributed by atoms with E-state index in [2.05, 4.69) is 5.32 Å². The van der Waals surface area contributed by atoms with E-state index in [1.165, 1.54) is 26.2 Å². The van der Waals surface area contributed by atoms with Crippen LogP contribution in [0.2, 0.25) is 0 Å². The first-order valence-electron chi connectivity index (χ1n) is 6.35. The second-order valence-electron chi connectivity index (χ2n) is 4.50. The highest BCUT2D eigenvalue weighted by Crippen LogP contribution is 2.31. The van der Waals surface area contributed by atoms with Gasteiger partial charge in [0.15, 0.2) is 0 Å². The molecule has 1 aromatic carbocycles. The van der Waals surface area contributed by atoms with E-state index in [1.54, 1.807) is 12.1 Å². The van der Waals surface area contributed by atoms with Gasteiger partial charge >= 0.3 is 12.0 Å². The molecule has 0 aliphatic rings. The zero-order valence-corrected chi connectivity index (χ0v) is 12.6. The lowest BCUT2D eigenvalue weighted by molar-refractivity contribution is -0.137. The van der Waals surface area contributed by atoms with E-state index in [-0.39, 0.29) is 13.0 Å². The van der Waals surface area contributed by atoms with Crippen molar-refractivity contribution in [3.63, 3.8) is 0 Å². The first kappa shape index (κ1) is 16.6. The van der Waals surface area contributed by atoms with Crippen LogP contribution in [0.25, 0.3) is 0 Å². The lowest BCUT2D eigenvalue weighted by atomic mass is 10.1. The van der Waals surface area contributed by atoms with Gasteiger partial charge in [0.05, 0.1) is 20.6 Å². The molecule has 21 heavy (non-hydrogen) atoms. The molecule has 116 valence electrons. The van der Waals surface area contributed by atoms with E-state index < -0.39 is 12.0 Å². The van der Waals surface area contributed by atoms with Crippen molar-refractivity contribution >= 4 is 17.7 Å². The van der Waals surface area contributed by atoms with Gasteiger partial charge in [-0.25, -0.2) is 4.79 Å². The van der Waals surface area contributed by atoms with Gasteiger partial charge in [0.25, 0.3) is 0 Å². The van der Waals surface area contributed by atoms with Crippen molar-refractivity contribution in [3.8, 4) is 11.5 Å². The Balaban J connectivity index is 2.82. The number of urea groups is 1. The summed E-state index contributed by atoms with van der Waals surface area (Å²) in [6.07, 6.45) is -0.107. The predicted molar refractivity (Wildman–Crippen MR) is 78.2 cm³/mol. The van der Waals surface area contributed by atoms with Crippen LogP contribution < -0.4 is 14.8 Å². The fourth-order valence-corrected chi connectivity index (χ4v) is 1.74. The molecular weight excluding hydrogens is 276 g/mol. The second-order valence-corrected chi connectivity index (χ2v) is 4.50. The molecule has 0 saturated carbocycles. The maximum absolute atomic E-state index is 11.9. The number of nitrogens with one attached hydrogen (secondary N) is 1. The highest BCUT2D eigenvalue weighted by atomic mass is 16.5. The summed E-state index contributed by atoms with van der Waals surface area (Å²) < 4.78 is 10.5. The zero-order valence-electron chi connectivity index (χ0n) is 12.6. The van der Waals surface area contributed by atoms with E-state index in [4.69, 9.17) is 14.6 Å². The van der Waals surface area contributed by atoms with E-state index in [0.717, 1.165) is 5.56 Å².